The van der Waals surface area contributed by atoms with E-state index in [1.165, 1.54) is 10.5 Å². The number of rotatable bonds is 2. The second kappa shape index (κ2) is 6.01. The lowest BCUT2D eigenvalue weighted by Gasteiger charge is -2.25. The Balaban J connectivity index is 1.68. The van der Waals surface area contributed by atoms with Gasteiger partial charge in [0.15, 0.2) is 0 Å². The average Bonchev–Trinajstić information content (AvgIpc) is 2.48. The van der Waals surface area contributed by atoms with Crippen LogP contribution in [0.2, 0.25) is 0 Å². The van der Waals surface area contributed by atoms with Crippen LogP contribution in [0, 0.1) is 0 Å². The molecule has 1 aliphatic rings. The first-order valence-corrected chi connectivity index (χ1v) is 7.56. The summed E-state index contributed by atoms with van der Waals surface area (Å²) in [6.07, 6.45) is 0.522. The Morgan fingerprint density at radius 1 is 1.10 bits per heavy atom. The average molecular weight is 285 g/mol. The number of benzene rings is 2. The molecule has 1 amide bonds. The first kappa shape index (κ1) is 13.1. The van der Waals surface area contributed by atoms with Gasteiger partial charge in [-0.2, -0.15) is 0 Å². The van der Waals surface area contributed by atoms with E-state index < -0.39 is 6.09 Å². The molecule has 2 aromatic carbocycles. The molecule has 0 bridgehead atoms. The van der Waals surface area contributed by atoms with Crippen LogP contribution in [-0.2, 0) is 0 Å². The Morgan fingerprint density at radius 2 is 1.85 bits per heavy atom. The molecule has 0 fully saturated rings. The highest BCUT2D eigenvalue weighted by atomic mass is 32.2. The summed E-state index contributed by atoms with van der Waals surface area (Å²) in [7, 11) is 0. The second-order valence-electron chi connectivity index (χ2n) is 4.57. The zero-order chi connectivity index (χ0) is 13.8. The highest BCUT2D eigenvalue weighted by Crippen LogP contribution is 2.35. The van der Waals surface area contributed by atoms with Crippen molar-refractivity contribution in [3.8, 4) is 5.75 Å². The summed E-state index contributed by atoms with van der Waals surface area (Å²) in [5.41, 5.74) is 1.17. The van der Waals surface area contributed by atoms with Gasteiger partial charge in [0.05, 0.1) is 6.04 Å². The second-order valence-corrected chi connectivity index (χ2v) is 5.71. The fourth-order valence-electron chi connectivity index (χ4n) is 2.26. The number of ether oxygens (including phenoxy) is 1. The highest BCUT2D eigenvalue weighted by Gasteiger charge is 2.22. The van der Waals surface area contributed by atoms with E-state index in [2.05, 4.69) is 17.4 Å². The van der Waals surface area contributed by atoms with Gasteiger partial charge in [-0.15, -0.1) is 11.8 Å². The van der Waals surface area contributed by atoms with Crippen molar-refractivity contribution < 1.29 is 9.53 Å². The number of carbonyl (C=O) groups is 1. The van der Waals surface area contributed by atoms with Crippen molar-refractivity contribution in [1.82, 2.24) is 5.32 Å². The van der Waals surface area contributed by atoms with Crippen molar-refractivity contribution in [3.63, 3.8) is 0 Å². The van der Waals surface area contributed by atoms with Crippen molar-refractivity contribution in [3.05, 3.63) is 60.2 Å². The topological polar surface area (TPSA) is 38.3 Å². The number of hydrogen-bond donors (Lipinski definition) is 1. The third-order valence-corrected chi connectivity index (χ3v) is 4.33. The molecule has 20 heavy (non-hydrogen) atoms. The Kier molecular flexibility index (Phi) is 3.92. The third kappa shape index (κ3) is 2.96. The predicted octanol–water partition coefficient (Wildman–Crippen LogP) is 4.01. The predicted molar refractivity (Wildman–Crippen MR) is 80.1 cm³/mol. The van der Waals surface area contributed by atoms with Crippen molar-refractivity contribution in [2.45, 2.75) is 17.4 Å². The van der Waals surface area contributed by atoms with Gasteiger partial charge in [-0.25, -0.2) is 4.79 Å². The number of fused-ring (bicyclic) bond motifs is 1. The van der Waals surface area contributed by atoms with Crippen LogP contribution in [0.25, 0.3) is 0 Å². The van der Waals surface area contributed by atoms with Gasteiger partial charge in [0, 0.05) is 10.6 Å². The summed E-state index contributed by atoms with van der Waals surface area (Å²) in [4.78, 5) is 13.2. The van der Waals surface area contributed by atoms with Crippen LogP contribution < -0.4 is 10.1 Å². The van der Waals surface area contributed by atoms with Crippen LogP contribution in [0.5, 0.6) is 5.75 Å². The number of amides is 1. The Bertz CT molecular complexity index is 600. The molecule has 1 heterocycles. The molecule has 102 valence electrons. The number of para-hydroxylation sites is 1. The van der Waals surface area contributed by atoms with E-state index in [-0.39, 0.29) is 6.04 Å². The molecule has 1 aliphatic heterocycles. The van der Waals surface area contributed by atoms with Crippen molar-refractivity contribution in [2.75, 3.05) is 5.75 Å². The van der Waals surface area contributed by atoms with E-state index >= 15 is 0 Å². The van der Waals surface area contributed by atoms with Crippen molar-refractivity contribution in [2.24, 2.45) is 0 Å². The molecule has 0 spiro atoms. The minimum absolute atomic E-state index is 0.0312. The lowest BCUT2D eigenvalue weighted by molar-refractivity contribution is 0.195. The van der Waals surface area contributed by atoms with Crippen LogP contribution >= 0.6 is 11.8 Å². The summed E-state index contributed by atoms with van der Waals surface area (Å²) in [5.74, 6) is 1.57. The van der Waals surface area contributed by atoms with Crippen molar-refractivity contribution in [1.29, 1.82) is 0 Å². The third-order valence-electron chi connectivity index (χ3n) is 3.20. The zero-order valence-electron chi connectivity index (χ0n) is 10.9. The summed E-state index contributed by atoms with van der Waals surface area (Å²) in [6.45, 7) is 0. The molecule has 0 saturated carbocycles. The van der Waals surface area contributed by atoms with E-state index in [1.807, 2.05) is 42.1 Å². The van der Waals surface area contributed by atoms with Gasteiger partial charge in [0.1, 0.15) is 5.75 Å². The smallest absolute Gasteiger partial charge is 0.410 e. The quantitative estimate of drug-likeness (QED) is 0.906. The molecule has 3 nitrogen and oxygen atoms in total. The van der Waals surface area contributed by atoms with Gasteiger partial charge in [-0.3, -0.25) is 0 Å². The first-order valence-electron chi connectivity index (χ1n) is 6.58. The van der Waals surface area contributed by atoms with Crippen LogP contribution in [0.15, 0.2) is 59.5 Å². The molecular weight excluding hydrogens is 270 g/mol. The maximum Gasteiger partial charge on any atom is 0.413 e. The van der Waals surface area contributed by atoms with E-state index in [4.69, 9.17) is 4.74 Å². The molecule has 1 N–H and O–H groups in total. The zero-order valence-corrected chi connectivity index (χ0v) is 11.7. The van der Waals surface area contributed by atoms with Gasteiger partial charge >= 0.3 is 6.09 Å². The minimum Gasteiger partial charge on any atom is -0.410 e. The van der Waals surface area contributed by atoms with Crippen LogP contribution in [0.1, 0.15) is 18.0 Å². The van der Waals surface area contributed by atoms with Crippen LogP contribution in [0.4, 0.5) is 4.79 Å². The SMILES string of the molecule is O=C(NC1CCSc2ccccc21)Oc1ccccc1. The number of nitrogens with one attached hydrogen (secondary N) is 1. The van der Waals surface area contributed by atoms with Crippen LogP contribution in [-0.4, -0.2) is 11.8 Å². The van der Waals surface area contributed by atoms with Gasteiger partial charge in [-0.05, 0) is 30.2 Å². The molecule has 1 atom stereocenters. The Morgan fingerprint density at radius 3 is 2.70 bits per heavy atom. The summed E-state index contributed by atoms with van der Waals surface area (Å²) >= 11 is 1.83. The standard InChI is InChI=1S/C16H15NO2S/c18-16(19-12-6-2-1-3-7-12)17-14-10-11-20-15-9-5-4-8-13(14)15/h1-9,14H,10-11H2,(H,17,18). The molecular formula is C16H15NO2S. The maximum atomic E-state index is 12.0. The van der Waals surface area contributed by atoms with E-state index in [9.17, 15) is 4.79 Å². The van der Waals surface area contributed by atoms with Gasteiger partial charge in [0.25, 0.3) is 0 Å². The highest BCUT2D eigenvalue weighted by molar-refractivity contribution is 7.99. The summed E-state index contributed by atoms with van der Waals surface area (Å²) in [6, 6.07) is 17.3. The van der Waals surface area contributed by atoms with E-state index in [1.54, 1.807) is 12.1 Å². The minimum atomic E-state index is -0.400. The number of carbonyl (C=O) groups excluding carboxylic acids is 1. The molecule has 2 aromatic rings. The summed E-state index contributed by atoms with van der Waals surface area (Å²) in [5, 5.41) is 2.95. The fourth-order valence-corrected chi connectivity index (χ4v) is 3.38. The van der Waals surface area contributed by atoms with Gasteiger partial charge in [0.2, 0.25) is 0 Å². The molecule has 0 aliphatic carbocycles. The van der Waals surface area contributed by atoms with Gasteiger partial charge < -0.3 is 10.1 Å². The van der Waals surface area contributed by atoms with E-state index in [0.717, 1.165) is 12.2 Å². The number of hydrogen-bond acceptors (Lipinski definition) is 3. The lowest BCUT2D eigenvalue weighted by Crippen LogP contribution is -2.32. The normalized spacial score (nSPS) is 17.1. The lowest BCUT2D eigenvalue weighted by atomic mass is 10.0. The van der Waals surface area contributed by atoms with E-state index in [0.29, 0.717) is 5.75 Å². The molecule has 0 radical (unpaired) electrons. The van der Waals surface area contributed by atoms with Gasteiger partial charge in [-0.1, -0.05) is 36.4 Å². The van der Waals surface area contributed by atoms with Crippen LogP contribution in [0.3, 0.4) is 0 Å². The molecule has 1 unspecified atom stereocenters. The fraction of sp³-hybridized carbons (Fsp3) is 0.188. The monoisotopic (exact) mass is 285 g/mol. The molecule has 0 aromatic heterocycles. The maximum absolute atomic E-state index is 12.0. The first-order chi connectivity index (χ1) is 9.83. The Hall–Kier alpha value is -1.94. The molecule has 0 saturated heterocycles. The molecule has 4 heteroatoms. The Labute approximate surface area is 122 Å². The summed E-state index contributed by atoms with van der Waals surface area (Å²) < 4.78 is 5.28. The molecule has 3 rings (SSSR count). The van der Waals surface area contributed by atoms with Crippen molar-refractivity contribution >= 4 is 17.9 Å². The number of thioether (sulfide) groups is 1. The largest absolute Gasteiger partial charge is 0.413 e.